The SMILES string of the molecule is O=C(Nc1ccc[nH+]c1)c1c(Oc2ccc(OC(F)(F)F)cc2)ccc(Cl)c1F. The molecule has 0 aliphatic carbocycles. The third kappa shape index (κ3) is 5.35. The first-order valence-corrected chi connectivity index (χ1v) is 8.40. The number of alkyl halides is 3. The van der Waals surface area contributed by atoms with Crippen LogP contribution in [0.25, 0.3) is 0 Å². The third-order valence-electron chi connectivity index (χ3n) is 3.53. The summed E-state index contributed by atoms with van der Waals surface area (Å²) < 4.78 is 60.5. The molecule has 0 unspecified atom stereocenters. The van der Waals surface area contributed by atoms with Gasteiger partial charge in [-0.2, -0.15) is 0 Å². The average molecular weight is 428 g/mol. The number of ether oxygens (including phenoxy) is 2. The van der Waals surface area contributed by atoms with Gasteiger partial charge in [0.2, 0.25) is 0 Å². The number of carbonyl (C=O) groups excluding carboxylic acids is 1. The first kappa shape index (κ1) is 20.4. The molecule has 29 heavy (non-hydrogen) atoms. The lowest BCUT2D eigenvalue weighted by atomic mass is 10.1. The highest BCUT2D eigenvalue weighted by Gasteiger charge is 2.31. The van der Waals surface area contributed by atoms with Crippen LogP contribution in [0.4, 0.5) is 23.2 Å². The number of H-pyrrole nitrogens is 1. The van der Waals surface area contributed by atoms with Gasteiger partial charge >= 0.3 is 6.36 Å². The van der Waals surface area contributed by atoms with Crippen molar-refractivity contribution in [3.8, 4) is 17.2 Å². The summed E-state index contributed by atoms with van der Waals surface area (Å²) in [5.41, 5.74) is -0.0894. The van der Waals surface area contributed by atoms with Crippen LogP contribution in [0.2, 0.25) is 5.02 Å². The number of amides is 1. The van der Waals surface area contributed by atoms with Crippen LogP contribution in [0, 0.1) is 5.82 Å². The molecular formula is C19H12ClF4N2O3+. The summed E-state index contributed by atoms with van der Waals surface area (Å²) in [7, 11) is 0. The monoisotopic (exact) mass is 427 g/mol. The van der Waals surface area contributed by atoms with Crippen molar-refractivity contribution in [1.82, 2.24) is 0 Å². The van der Waals surface area contributed by atoms with Crippen LogP contribution < -0.4 is 19.8 Å². The van der Waals surface area contributed by atoms with Crippen LogP contribution in [0.15, 0.2) is 60.9 Å². The number of halogens is 5. The van der Waals surface area contributed by atoms with E-state index >= 15 is 0 Å². The van der Waals surface area contributed by atoms with E-state index < -0.39 is 29.4 Å². The third-order valence-corrected chi connectivity index (χ3v) is 3.83. The van der Waals surface area contributed by atoms with E-state index in [4.69, 9.17) is 16.3 Å². The van der Waals surface area contributed by atoms with Gasteiger partial charge in [0, 0.05) is 6.07 Å². The fourth-order valence-corrected chi connectivity index (χ4v) is 2.49. The molecule has 150 valence electrons. The number of anilines is 1. The number of hydrogen-bond acceptors (Lipinski definition) is 3. The molecule has 2 N–H and O–H groups in total. The van der Waals surface area contributed by atoms with Gasteiger partial charge in [-0.3, -0.25) is 4.79 Å². The summed E-state index contributed by atoms with van der Waals surface area (Å²) in [6, 6.07) is 10.1. The van der Waals surface area contributed by atoms with Gasteiger partial charge in [0.05, 0.1) is 5.02 Å². The van der Waals surface area contributed by atoms with E-state index in [1.807, 2.05) is 0 Å². The minimum absolute atomic E-state index is 0.0586. The quantitative estimate of drug-likeness (QED) is 0.567. The number of carbonyl (C=O) groups is 1. The van der Waals surface area contributed by atoms with Gasteiger partial charge in [-0.15, -0.1) is 13.2 Å². The standard InChI is InChI=1S/C19H11ClF4N2O3/c20-14-7-8-15(28-12-3-5-13(6-4-12)29-19(22,23)24)16(17(14)21)18(27)26-11-2-1-9-25-10-11/h1-10H,(H,26,27)/p+1. The Balaban J connectivity index is 1.86. The molecule has 0 fully saturated rings. The van der Waals surface area contributed by atoms with Crippen LogP contribution in [-0.4, -0.2) is 12.3 Å². The van der Waals surface area contributed by atoms with Crippen molar-refractivity contribution in [1.29, 1.82) is 0 Å². The van der Waals surface area contributed by atoms with E-state index in [9.17, 15) is 22.4 Å². The molecule has 2 aromatic carbocycles. The molecule has 0 bridgehead atoms. The van der Waals surface area contributed by atoms with Crippen molar-refractivity contribution < 1.29 is 36.8 Å². The topological polar surface area (TPSA) is 61.7 Å². The molecule has 1 amide bonds. The van der Waals surface area contributed by atoms with Gasteiger partial charge in [0.1, 0.15) is 28.5 Å². The van der Waals surface area contributed by atoms with E-state index in [0.29, 0.717) is 5.69 Å². The maximum Gasteiger partial charge on any atom is 0.573 e. The first-order valence-electron chi connectivity index (χ1n) is 8.02. The number of nitrogens with one attached hydrogen (secondary N) is 2. The Morgan fingerprint density at radius 3 is 2.34 bits per heavy atom. The number of rotatable bonds is 5. The van der Waals surface area contributed by atoms with Crippen LogP contribution in [0.1, 0.15) is 10.4 Å². The number of hydrogen-bond donors (Lipinski definition) is 1. The van der Waals surface area contributed by atoms with E-state index in [-0.39, 0.29) is 16.5 Å². The molecule has 0 aliphatic heterocycles. The number of aromatic amines is 1. The van der Waals surface area contributed by atoms with Crippen molar-refractivity contribution in [2.24, 2.45) is 0 Å². The summed E-state index contributed by atoms with van der Waals surface area (Å²) in [5, 5.41) is 2.20. The molecule has 0 atom stereocenters. The highest BCUT2D eigenvalue weighted by Crippen LogP contribution is 2.33. The van der Waals surface area contributed by atoms with Crippen LogP contribution >= 0.6 is 11.6 Å². The predicted molar refractivity (Wildman–Crippen MR) is 95.6 cm³/mol. The van der Waals surface area contributed by atoms with Gasteiger partial charge in [-0.1, -0.05) is 11.6 Å². The van der Waals surface area contributed by atoms with Gasteiger partial charge < -0.3 is 14.8 Å². The van der Waals surface area contributed by atoms with Crippen molar-refractivity contribution in [2.45, 2.75) is 6.36 Å². The van der Waals surface area contributed by atoms with E-state index in [0.717, 1.165) is 12.1 Å². The summed E-state index contributed by atoms with van der Waals surface area (Å²) in [6.45, 7) is 0. The van der Waals surface area contributed by atoms with Crippen LogP contribution in [0.5, 0.6) is 17.2 Å². The summed E-state index contributed by atoms with van der Waals surface area (Å²) in [6.07, 6.45) is -1.72. The zero-order valence-electron chi connectivity index (χ0n) is 14.4. The van der Waals surface area contributed by atoms with E-state index in [1.54, 1.807) is 18.3 Å². The van der Waals surface area contributed by atoms with Gasteiger partial charge in [0.15, 0.2) is 18.2 Å². The normalized spacial score (nSPS) is 11.1. The number of aromatic nitrogens is 1. The highest BCUT2D eigenvalue weighted by atomic mass is 35.5. The van der Waals surface area contributed by atoms with Gasteiger partial charge in [-0.25, -0.2) is 9.37 Å². The summed E-state index contributed by atoms with van der Waals surface area (Å²) in [4.78, 5) is 15.3. The lowest BCUT2D eigenvalue weighted by molar-refractivity contribution is -0.377. The van der Waals surface area contributed by atoms with Gasteiger partial charge in [-0.05, 0) is 42.5 Å². The molecule has 3 rings (SSSR count). The zero-order chi connectivity index (χ0) is 21.0. The van der Waals surface area contributed by atoms with Crippen LogP contribution in [0.3, 0.4) is 0 Å². The largest absolute Gasteiger partial charge is 0.573 e. The highest BCUT2D eigenvalue weighted by molar-refractivity contribution is 6.31. The van der Waals surface area contributed by atoms with E-state index in [1.165, 1.54) is 30.5 Å². The Kier molecular flexibility index (Phi) is 5.88. The van der Waals surface area contributed by atoms with E-state index in [2.05, 4.69) is 15.0 Å². The summed E-state index contributed by atoms with van der Waals surface area (Å²) >= 11 is 5.78. The second kappa shape index (κ2) is 8.36. The minimum atomic E-state index is -4.83. The number of pyridine rings is 1. The Morgan fingerprint density at radius 1 is 1.03 bits per heavy atom. The molecule has 3 aromatic rings. The van der Waals surface area contributed by atoms with Crippen LogP contribution in [-0.2, 0) is 0 Å². The van der Waals surface area contributed by atoms with Gasteiger partial charge in [0.25, 0.3) is 5.91 Å². The Morgan fingerprint density at radius 2 is 1.72 bits per heavy atom. The maximum atomic E-state index is 14.5. The average Bonchev–Trinajstić information content (AvgIpc) is 2.66. The molecule has 10 heteroatoms. The minimum Gasteiger partial charge on any atom is -0.456 e. The fourth-order valence-electron chi connectivity index (χ4n) is 2.33. The molecule has 0 radical (unpaired) electrons. The van der Waals surface area contributed by atoms with Crippen molar-refractivity contribution >= 4 is 23.2 Å². The molecule has 0 saturated carbocycles. The zero-order valence-corrected chi connectivity index (χ0v) is 15.1. The number of benzene rings is 2. The second-order valence-corrected chi connectivity index (χ2v) is 6.01. The van der Waals surface area contributed by atoms with Crippen molar-refractivity contribution in [2.75, 3.05) is 5.32 Å². The Hall–Kier alpha value is -3.33. The molecule has 0 saturated heterocycles. The fraction of sp³-hybridized carbons (Fsp3) is 0.0526. The molecular weight excluding hydrogens is 416 g/mol. The summed E-state index contributed by atoms with van der Waals surface area (Å²) in [5.74, 6) is -2.39. The Bertz CT molecular complexity index is 1010. The van der Waals surface area contributed by atoms with Crippen molar-refractivity contribution in [3.63, 3.8) is 0 Å². The maximum absolute atomic E-state index is 14.5. The second-order valence-electron chi connectivity index (χ2n) is 5.60. The Labute approximate surface area is 166 Å². The lowest BCUT2D eigenvalue weighted by Crippen LogP contribution is -2.17. The molecule has 1 heterocycles. The molecule has 1 aromatic heterocycles. The molecule has 0 aliphatic rings. The lowest BCUT2D eigenvalue weighted by Gasteiger charge is -2.13. The molecule has 0 spiro atoms. The first-order chi connectivity index (χ1) is 13.7. The molecule has 5 nitrogen and oxygen atoms in total. The smallest absolute Gasteiger partial charge is 0.456 e. The predicted octanol–water partition coefficient (Wildman–Crippen LogP) is 5.24. The van der Waals surface area contributed by atoms with Crippen molar-refractivity contribution in [3.05, 3.63) is 77.3 Å².